The van der Waals surface area contributed by atoms with E-state index in [1.165, 1.54) is 64.2 Å². The van der Waals surface area contributed by atoms with Gasteiger partial charge in [0, 0.05) is 25.7 Å². The summed E-state index contributed by atoms with van der Waals surface area (Å²) in [6.07, 6.45) is 68.4. The number of unbranched alkanes of at least 4 members (excludes halogenated alkanes) is 26. The number of allylic oxidation sites excluding steroid dienone is 16. The lowest BCUT2D eigenvalue weighted by Crippen LogP contribution is -2.30. The number of carbonyl (C=O) groups is 4. The Labute approximate surface area is 569 Å². The van der Waals surface area contributed by atoms with Gasteiger partial charge in [-0.25, -0.2) is 9.13 Å². The van der Waals surface area contributed by atoms with Gasteiger partial charge in [0.05, 0.1) is 26.4 Å². The topological polar surface area (TPSA) is 237 Å². The van der Waals surface area contributed by atoms with E-state index in [-0.39, 0.29) is 25.7 Å². The van der Waals surface area contributed by atoms with Crippen molar-refractivity contribution < 1.29 is 80.2 Å². The van der Waals surface area contributed by atoms with E-state index in [1.807, 2.05) is 0 Å². The van der Waals surface area contributed by atoms with Gasteiger partial charge in [-0.3, -0.25) is 37.3 Å². The van der Waals surface area contributed by atoms with Gasteiger partial charge in [-0.2, -0.15) is 0 Å². The van der Waals surface area contributed by atoms with Crippen LogP contribution in [0, 0.1) is 0 Å². The number of esters is 4. The van der Waals surface area contributed by atoms with E-state index in [2.05, 4.69) is 125 Å². The Bertz CT molecular complexity index is 2170. The van der Waals surface area contributed by atoms with Gasteiger partial charge in [-0.05, 0) is 122 Å². The minimum absolute atomic E-state index is 0.0757. The minimum atomic E-state index is -4.98. The maximum absolute atomic E-state index is 13.0. The van der Waals surface area contributed by atoms with Gasteiger partial charge >= 0.3 is 39.5 Å². The summed E-state index contributed by atoms with van der Waals surface area (Å²) in [6.45, 7) is 4.55. The van der Waals surface area contributed by atoms with Crippen LogP contribution in [0.4, 0.5) is 0 Å². The molecule has 0 saturated carbocycles. The zero-order valence-corrected chi connectivity index (χ0v) is 60.7. The van der Waals surface area contributed by atoms with E-state index >= 15 is 0 Å². The normalized spacial score (nSPS) is 14.6. The van der Waals surface area contributed by atoms with Gasteiger partial charge in [0.2, 0.25) is 0 Å². The second-order valence-electron chi connectivity index (χ2n) is 24.1. The molecular formula is C75H130O17P2. The maximum Gasteiger partial charge on any atom is 0.472 e. The molecule has 0 bridgehead atoms. The van der Waals surface area contributed by atoms with E-state index in [0.29, 0.717) is 25.7 Å². The van der Waals surface area contributed by atoms with Crippen molar-refractivity contribution in [2.45, 2.75) is 316 Å². The molecular weight excluding hydrogens is 1230 g/mol. The lowest BCUT2D eigenvalue weighted by Gasteiger charge is -2.21. The molecule has 3 N–H and O–H groups in total. The van der Waals surface area contributed by atoms with Gasteiger partial charge < -0.3 is 33.8 Å². The molecule has 0 amide bonds. The number of carbonyl (C=O) groups excluding carboxylic acids is 4. The molecule has 0 aliphatic heterocycles. The summed E-state index contributed by atoms with van der Waals surface area (Å²) in [7, 11) is -9.95. The van der Waals surface area contributed by atoms with Crippen molar-refractivity contribution >= 4 is 39.5 Å². The Hall–Kier alpha value is -4.02. The zero-order valence-electron chi connectivity index (χ0n) is 58.9. The molecule has 0 aromatic heterocycles. The fraction of sp³-hybridized carbons (Fsp3) is 0.733. The van der Waals surface area contributed by atoms with Gasteiger partial charge in [-0.15, -0.1) is 0 Å². The molecule has 94 heavy (non-hydrogen) atoms. The molecule has 0 aliphatic carbocycles. The number of ether oxygens (including phenoxy) is 4. The van der Waals surface area contributed by atoms with Crippen molar-refractivity contribution in [1.29, 1.82) is 0 Å². The average Bonchev–Trinajstić information content (AvgIpc) is 1.55. The Morgan fingerprint density at radius 3 is 0.894 bits per heavy atom. The van der Waals surface area contributed by atoms with Crippen LogP contribution < -0.4 is 0 Å². The first-order chi connectivity index (χ1) is 45.7. The smallest absolute Gasteiger partial charge is 0.462 e. The standard InChI is InChI=1S/C75H130O17P2/c1-5-9-13-17-21-25-29-32-34-37-40-43-47-51-55-59-72(77)85-65-70(91-74(79)61-57-53-49-45-39-28-24-20-16-12-8-4)67-89-93(81,82)87-63-69(76)64-88-94(83,84)90-68-71(92-75(80)62-58-54-50-46-42-36-31-27-23-19-15-11-7-3)66-86-73(78)60-56-52-48-44-41-38-35-33-30-26-22-18-14-10-6-2/h9-10,13-14,21-22,25-27,31-35,41,44,69-71,76H,5-8,11-12,15-20,23-24,28-30,36-40,42-43,45-68H2,1-4H3,(H,81,82)(H,83,84)/b13-9-,14-10-,25-21-,26-22-,31-27-,34-32-,35-33-,44-41-. The molecule has 0 spiro atoms. The Morgan fingerprint density at radius 2 is 0.553 bits per heavy atom. The molecule has 542 valence electrons. The third kappa shape index (κ3) is 66.6. The van der Waals surface area contributed by atoms with Crippen molar-refractivity contribution in [2.75, 3.05) is 39.6 Å². The summed E-state index contributed by atoms with van der Waals surface area (Å²) in [6, 6.07) is 0. The lowest BCUT2D eigenvalue weighted by molar-refractivity contribution is -0.161. The zero-order chi connectivity index (χ0) is 69.0. The molecule has 5 atom stereocenters. The maximum atomic E-state index is 13.0. The van der Waals surface area contributed by atoms with Crippen molar-refractivity contribution in [3.8, 4) is 0 Å². The summed E-state index contributed by atoms with van der Waals surface area (Å²) < 4.78 is 68.3. The minimum Gasteiger partial charge on any atom is -0.462 e. The molecule has 0 rings (SSSR count). The van der Waals surface area contributed by atoms with E-state index in [9.17, 15) is 43.2 Å². The number of phosphoric ester groups is 2. The number of rotatable bonds is 68. The summed E-state index contributed by atoms with van der Waals surface area (Å²) in [5.74, 6) is -2.24. The molecule has 0 heterocycles. The van der Waals surface area contributed by atoms with Gasteiger partial charge in [0.15, 0.2) is 12.2 Å². The number of hydrogen-bond donors (Lipinski definition) is 3. The molecule has 0 aliphatic rings. The summed E-state index contributed by atoms with van der Waals surface area (Å²) in [5, 5.41) is 10.6. The average molecular weight is 1370 g/mol. The molecule has 0 saturated heterocycles. The second kappa shape index (κ2) is 67.5. The summed E-state index contributed by atoms with van der Waals surface area (Å²) in [5.41, 5.74) is 0. The Kier molecular flexibility index (Phi) is 64.7. The number of phosphoric acid groups is 2. The highest BCUT2D eigenvalue weighted by atomic mass is 31.2. The van der Waals surface area contributed by atoms with Crippen LogP contribution in [-0.2, 0) is 65.4 Å². The van der Waals surface area contributed by atoms with Gasteiger partial charge in [0.1, 0.15) is 19.3 Å². The first-order valence-corrected chi connectivity index (χ1v) is 39.5. The summed E-state index contributed by atoms with van der Waals surface area (Å²) >= 11 is 0. The molecule has 0 radical (unpaired) electrons. The third-order valence-corrected chi connectivity index (χ3v) is 16.9. The highest BCUT2D eigenvalue weighted by Crippen LogP contribution is 2.45. The van der Waals surface area contributed by atoms with Crippen LogP contribution in [0.25, 0.3) is 0 Å². The van der Waals surface area contributed by atoms with Crippen LogP contribution in [0.15, 0.2) is 97.2 Å². The van der Waals surface area contributed by atoms with Crippen LogP contribution in [0.1, 0.15) is 297 Å². The van der Waals surface area contributed by atoms with Crippen LogP contribution in [0.3, 0.4) is 0 Å². The van der Waals surface area contributed by atoms with E-state index in [4.69, 9.17) is 37.0 Å². The predicted molar refractivity (Wildman–Crippen MR) is 381 cm³/mol. The monoisotopic (exact) mass is 1360 g/mol. The van der Waals surface area contributed by atoms with Crippen molar-refractivity contribution in [2.24, 2.45) is 0 Å². The molecule has 5 unspecified atom stereocenters. The van der Waals surface area contributed by atoms with Crippen LogP contribution in [-0.4, -0.2) is 96.7 Å². The Morgan fingerprint density at radius 1 is 0.309 bits per heavy atom. The van der Waals surface area contributed by atoms with Crippen molar-refractivity contribution in [1.82, 2.24) is 0 Å². The number of hydrogen-bond acceptors (Lipinski definition) is 15. The fourth-order valence-electron chi connectivity index (χ4n) is 9.51. The number of aliphatic hydroxyl groups excluding tert-OH is 1. The SMILES string of the molecule is CC/C=C\C/C=C\C/C=C\C/C=C\CCCCC(=O)OCC(COP(=O)(O)OCC(O)COP(=O)(O)OCC(COC(=O)CCCCCCC/C=C\C/C=C\C/C=C\CC)OC(=O)CCCCCCCCCCCCC)OC(=O)CCCCCCC/C=C\CCCCCC. The number of aliphatic hydroxyl groups is 1. The Balaban J connectivity index is 5.36. The summed E-state index contributed by atoms with van der Waals surface area (Å²) in [4.78, 5) is 72.6. The van der Waals surface area contributed by atoms with Crippen LogP contribution in [0.2, 0.25) is 0 Å². The molecule has 0 aromatic rings. The second-order valence-corrected chi connectivity index (χ2v) is 27.0. The first-order valence-electron chi connectivity index (χ1n) is 36.5. The highest BCUT2D eigenvalue weighted by molar-refractivity contribution is 7.47. The highest BCUT2D eigenvalue weighted by Gasteiger charge is 2.30. The molecule has 17 nitrogen and oxygen atoms in total. The lowest BCUT2D eigenvalue weighted by atomic mass is 10.1. The van der Waals surface area contributed by atoms with Crippen molar-refractivity contribution in [3.63, 3.8) is 0 Å². The van der Waals surface area contributed by atoms with E-state index in [0.717, 1.165) is 154 Å². The predicted octanol–water partition coefficient (Wildman–Crippen LogP) is 20.4. The van der Waals surface area contributed by atoms with Crippen molar-refractivity contribution in [3.05, 3.63) is 97.2 Å². The molecule has 0 aromatic carbocycles. The van der Waals surface area contributed by atoms with E-state index < -0.39 is 97.5 Å². The van der Waals surface area contributed by atoms with Gasteiger partial charge in [-0.1, -0.05) is 247 Å². The molecule has 19 heteroatoms. The van der Waals surface area contributed by atoms with E-state index in [1.54, 1.807) is 0 Å². The quantitative estimate of drug-likeness (QED) is 0.0169. The fourth-order valence-corrected chi connectivity index (χ4v) is 11.1. The first kappa shape index (κ1) is 90.0. The largest absolute Gasteiger partial charge is 0.472 e. The third-order valence-electron chi connectivity index (χ3n) is 15.0. The van der Waals surface area contributed by atoms with Gasteiger partial charge in [0.25, 0.3) is 0 Å². The van der Waals surface area contributed by atoms with Crippen LogP contribution in [0.5, 0.6) is 0 Å². The van der Waals surface area contributed by atoms with Crippen LogP contribution >= 0.6 is 15.6 Å². The molecule has 0 fully saturated rings.